The average Bonchev–Trinajstić information content (AvgIpc) is 2.35. The van der Waals surface area contributed by atoms with E-state index in [-0.39, 0.29) is 0 Å². The van der Waals surface area contributed by atoms with Crippen molar-refractivity contribution >= 4 is 0 Å². The van der Waals surface area contributed by atoms with E-state index in [0.29, 0.717) is 5.92 Å². The maximum Gasteiger partial charge on any atom is 0.146 e. The van der Waals surface area contributed by atoms with Crippen LogP contribution in [0.4, 0.5) is 0 Å². The molecule has 1 aromatic rings. The van der Waals surface area contributed by atoms with Crippen LogP contribution < -0.4 is 5.32 Å². The maximum absolute atomic E-state index is 4.06. The number of hydrogen-bond donors (Lipinski definition) is 1. The van der Waals surface area contributed by atoms with E-state index in [4.69, 9.17) is 0 Å². The van der Waals surface area contributed by atoms with Crippen molar-refractivity contribution < 1.29 is 0 Å². The number of aromatic nitrogens is 3. The lowest BCUT2D eigenvalue weighted by atomic mass is 10.2. The van der Waals surface area contributed by atoms with E-state index >= 15 is 0 Å². The average molecular weight is 182 g/mol. The molecular formula is C9H18N4. The molecule has 0 saturated carbocycles. The number of hydrogen-bond acceptors (Lipinski definition) is 3. The van der Waals surface area contributed by atoms with Crippen LogP contribution in [0.2, 0.25) is 0 Å². The van der Waals surface area contributed by atoms with Gasteiger partial charge in [-0.05, 0) is 19.4 Å². The second kappa shape index (κ2) is 4.37. The first kappa shape index (κ1) is 10.2. The highest BCUT2D eigenvalue weighted by molar-refractivity contribution is 4.91. The molecule has 4 heteroatoms. The van der Waals surface area contributed by atoms with Crippen molar-refractivity contribution in [3.05, 3.63) is 11.6 Å². The number of rotatable bonds is 4. The first-order valence-electron chi connectivity index (χ1n) is 4.67. The molecule has 0 unspecified atom stereocenters. The van der Waals surface area contributed by atoms with Gasteiger partial charge in [-0.2, -0.15) is 0 Å². The summed E-state index contributed by atoms with van der Waals surface area (Å²) in [6, 6.07) is 0. The summed E-state index contributed by atoms with van der Waals surface area (Å²) in [5.74, 6) is 2.63. The summed E-state index contributed by atoms with van der Waals surface area (Å²) in [4.78, 5) is 0. The Morgan fingerprint density at radius 3 is 2.54 bits per heavy atom. The van der Waals surface area contributed by atoms with Gasteiger partial charge in [-0.1, -0.05) is 13.8 Å². The second-order valence-corrected chi connectivity index (χ2v) is 3.75. The topological polar surface area (TPSA) is 42.7 Å². The molecular weight excluding hydrogens is 164 g/mol. The van der Waals surface area contributed by atoms with Crippen molar-refractivity contribution in [1.82, 2.24) is 20.1 Å². The fraction of sp³-hybridized carbons (Fsp3) is 0.778. The van der Waals surface area contributed by atoms with Gasteiger partial charge in [-0.25, -0.2) is 0 Å². The molecule has 0 saturated heterocycles. The number of nitrogens with zero attached hydrogens (tertiary/aromatic N) is 3. The molecule has 0 atom stereocenters. The van der Waals surface area contributed by atoms with Gasteiger partial charge in [-0.3, -0.25) is 0 Å². The van der Waals surface area contributed by atoms with Gasteiger partial charge in [0.2, 0.25) is 0 Å². The van der Waals surface area contributed by atoms with Crippen molar-refractivity contribution in [1.29, 1.82) is 0 Å². The molecule has 0 aromatic carbocycles. The summed E-state index contributed by atoms with van der Waals surface area (Å²) in [7, 11) is 1.99. The molecule has 0 aliphatic heterocycles. The Labute approximate surface area is 79.4 Å². The highest BCUT2D eigenvalue weighted by Gasteiger charge is 2.03. The Bertz CT molecular complexity index is 265. The smallest absolute Gasteiger partial charge is 0.146 e. The highest BCUT2D eigenvalue weighted by Crippen LogP contribution is 1.97. The van der Waals surface area contributed by atoms with Gasteiger partial charge in [-0.15, -0.1) is 10.2 Å². The molecule has 1 aromatic heterocycles. The van der Waals surface area contributed by atoms with Crippen molar-refractivity contribution in [3.8, 4) is 0 Å². The molecule has 0 aliphatic rings. The summed E-state index contributed by atoms with van der Waals surface area (Å²) >= 11 is 0. The van der Waals surface area contributed by atoms with Crippen LogP contribution in [-0.2, 0) is 13.6 Å². The molecule has 74 valence electrons. The fourth-order valence-electron chi connectivity index (χ4n) is 1.08. The predicted molar refractivity (Wildman–Crippen MR) is 52.3 cm³/mol. The van der Waals surface area contributed by atoms with Crippen LogP contribution in [0.15, 0.2) is 0 Å². The minimum Gasteiger partial charge on any atom is -0.317 e. The van der Waals surface area contributed by atoms with Crippen LogP contribution in [0.1, 0.15) is 25.5 Å². The second-order valence-electron chi connectivity index (χ2n) is 3.75. The Balaban J connectivity index is 2.41. The molecule has 4 nitrogen and oxygen atoms in total. The number of aryl methyl sites for hydroxylation is 1. The first-order valence-corrected chi connectivity index (χ1v) is 4.67. The molecule has 1 N–H and O–H groups in total. The molecule has 1 heterocycles. The number of nitrogens with one attached hydrogen (secondary N) is 1. The molecule has 13 heavy (non-hydrogen) atoms. The van der Waals surface area contributed by atoms with Crippen LogP contribution in [-0.4, -0.2) is 21.3 Å². The minimum absolute atomic E-state index is 0.675. The molecule has 0 amide bonds. The van der Waals surface area contributed by atoms with Gasteiger partial charge in [0.15, 0.2) is 0 Å². The fourth-order valence-corrected chi connectivity index (χ4v) is 1.08. The third-order valence-electron chi connectivity index (χ3n) is 2.02. The molecule has 0 spiro atoms. The van der Waals surface area contributed by atoms with Crippen LogP contribution in [0.3, 0.4) is 0 Å². The molecule has 0 bridgehead atoms. The van der Waals surface area contributed by atoms with E-state index in [1.807, 2.05) is 18.5 Å². The molecule has 1 rings (SSSR count). The summed E-state index contributed by atoms with van der Waals surface area (Å²) < 4.78 is 2.01. The van der Waals surface area contributed by atoms with Gasteiger partial charge in [0.25, 0.3) is 0 Å². The Morgan fingerprint density at radius 2 is 2.08 bits per heavy atom. The first-order chi connectivity index (χ1) is 6.11. The molecule has 0 aliphatic carbocycles. The standard InChI is InChI=1S/C9H18N4/c1-7(2)5-10-6-9-12-11-8(3)13(9)4/h7,10H,5-6H2,1-4H3. The van der Waals surface area contributed by atoms with Gasteiger partial charge >= 0.3 is 0 Å². The van der Waals surface area contributed by atoms with Crippen LogP contribution in [0.5, 0.6) is 0 Å². The zero-order valence-electron chi connectivity index (χ0n) is 8.83. The summed E-state index contributed by atoms with van der Waals surface area (Å²) in [5, 5.41) is 11.4. The highest BCUT2D eigenvalue weighted by atomic mass is 15.3. The van der Waals surface area contributed by atoms with Crippen LogP contribution in [0.25, 0.3) is 0 Å². The normalized spacial score (nSPS) is 11.2. The summed E-state index contributed by atoms with van der Waals surface area (Å²) in [6.45, 7) is 8.16. The van der Waals surface area contributed by atoms with E-state index < -0.39 is 0 Å². The zero-order valence-corrected chi connectivity index (χ0v) is 8.83. The van der Waals surface area contributed by atoms with Crippen LogP contribution >= 0.6 is 0 Å². The maximum atomic E-state index is 4.06. The van der Waals surface area contributed by atoms with Crippen molar-refractivity contribution in [2.24, 2.45) is 13.0 Å². The van der Waals surface area contributed by atoms with E-state index in [2.05, 4.69) is 29.4 Å². The SMILES string of the molecule is Cc1nnc(CNCC(C)C)n1C. The quantitative estimate of drug-likeness (QED) is 0.751. The van der Waals surface area contributed by atoms with Crippen molar-refractivity contribution in [2.75, 3.05) is 6.54 Å². The summed E-state index contributed by atoms with van der Waals surface area (Å²) in [5.41, 5.74) is 0. The predicted octanol–water partition coefficient (Wildman–Crippen LogP) is 0.869. The van der Waals surface area contributed by atoms with Crippen LogP contribution in [0, 0.1) is 12.8 Å². The molecule has 0 radical (unpaired) electrons. The lowest BCUT2D eigenvalue weighted by Crippen LogP contribution is -2.21. The third kappa shape index (κ3) is 2.81. The van der Waals surface area contributed by atoms with Gasteiger partial charge in [0.05, 0.1) is 6.54 Å². The lowest BCUT2D eigenvalue weighted by Gasteiger charge is -2.06. The Morgan fingerprint density at radius 1 is 1.38 bits per heavy atom. The molecule has 0 fully saturated rings. The lowest BCUT2D eigenvalue weighted by molar-refractivity contribution is 0.535. The Kier molecular flexibility index (Phi) is 3.42. The van der Waals surface area contributed by atoms with Crippen molar-refractivity contribution in [3.63, 3.8) is 0 Å². The van der Waals surface area contributed by atoms with E-state index in [0.717, 1.165) is 24.7 Å². The van der Waals surface area contributed by atoms with E-state index in [1.165, 1.54) is 0 Å². The largest absolute Gasteiger partial charge is 0.317 e. The van der Waals surface area contributed by atoms with Gasteiger partial charge in [0.1, 0.15) is 11.6 Å². The van der Waals surface area contributed by atoms with E-state index in [1.54, 1.807) is 0 Å². The minimum atomic E-state index is 0.675. The van der Waals surface area contributed by atoms with Gasteiger partial charge in [0, 0.05) is 7.05 Å². The summed E-state index contributed by atoms with van der Waals surface area (Å²) in [6.07, 6.45) is 0. The zero-order chi connectivity index (χ0) is 9.84. The van der Waals surface area contributed by atoms with Gasteiger partial charge < -0.3 is 9.88 Å². The monoisotopic (exact) mass is 182 g/mol. The van der Waals surface area contributed by atoms with Crippen molar-refractivity contribution in [2.45, 2.75) is 27.3 Å². The third-order valence-corrected chi connectivity index (χ3v) is 2.02. The van der Waals surface area contributed by atoms with E-state index in [9.17, 15) is 0 Å². The Hall–Kier alpha value is -0.900.